The van der Waals surface area contributed by atoms with Crippen LogP contribution in [0.15, 0.2) is 0 Å². The monoisotopic (exact) mass is 268 g/mol. The zero-order valence-electron chi connectivity index (χ0n) is 10.6. The van der Waals surface area contributed by atoms with Crippen LogP contribution >= 0.6 is 0 Å². The number of aromatic amines is 1. The fraction of sp³-hybridized carbons (Fsp3) is 0.545. The van der Waals surface area contributed by atoms with Gasteiger partial charge in [-0.3, -0.25) is 14.8 Å². The number of carbonyl (C=O) groups excluding carboxylic acids is 1. The van der Waals surface area contributed by atoms with E-state index in [1.807, 2.05) is 4.90 Å². The third-order valence-corrected chi connectivity index (χ3v) is 2.89. The number of aryl methyl sites for hydroxylation is 1. The van der Waals surface area contributed by atoms with Crippen molar-refractivity contribution in [1.29, 1.82) is 0 Å². The molecule has 0 saturated carbocycles. The van der Waals surface area contributed by atoms with Crippen molar-refractivity contribution in [2.75, 3.05) is 38.2 Å². The van der Waals surface area contributed by atoms with Gasteiger partial charge in [0.1, 0.15) is 5.56 Å². The summed E-state index contributed by atoms with van der Waals surface area (Å²) in [6.07, 6.45) is 0. The van der Waals surface area contributed by atoms with Gasteiger partial charge in [0.05, 0.1) is 19.8 Å². The summed E-state index contributed by atoms with van der Waals surface area (Å²) in [7, 11) is 0. The predicted molar refractivity (Wildman–Crippen MR) is 66.2 cm³/mol. The van der Waals surface area contributed by atoms with Crippen LogP contribution in [-0.2, 0) is 9.53 Å². The van der Waals surface area contributed by atoms with E-state index in [2.05, 4.69) is 15.5 Å². The molecule has 0 atom stereocenters. The number of aromatic carboxylic acids is 1. The number of hydrogen-bond donors (Lipinski definition) is 3. The van der Waals surface area contributed by atoms with E-state index in [0.717, 1.165) is 0 Å². The summed E-state index contributed by atoms with van der Waals surface area (Å²) in [6.45, 7) is 4.39. The number of nitrogens with one attached hydrogen (secondary N) is 2. The van der Waals surface area contributed by atoms with Crippen LogP contribution < -0.4 is 5.32 Å². The van der Waals surface area contributed by atoms with Crippen LogP contribution in [0.25, 0.3) is 0 Å². The Labute approximate surface area is 109 Å². The smallest absolute Gasteiger partial charge is 0.341 e. The van der Waals surface area contributed by atoms with Crippen LogP contribution in [0.3, 0.4) is 0 Å². The molecule has 1 aliphatic heterocycles. The number of carbonyl (C=O) groups is 2. The summed E-state index contributed by atoms with van der Waals surface area (Å²) in [4.78, 5) is 24.8. The van der Waals surface area contributed by atoms with E-state index in [4.69, 9.17) is 9.84 Å². The molecule has 8 nitrogen and oxygen atoms in total. The first-order valence-corrected chi connectivity index (χ1v) is 5.96. The molecule has 3 N–H and O–H groups in total. The average Bonchev–Trinajstić information content (AvgIpc) is 2.71. The van der Waals surface area contributed by atoms with Gasteiger partial charge in [-0.25, -0.2) is 4.79 Å². The lowest BCUT2D eigenvalue weighted by Gasteiger charge is -2.25. The Kier molecular flexibility index (Phi) is 4.13. The molecule has 0 unspecified atom stereocenters. The molecule has 0 bridgehead atoms. The molecule has 104 valence electrons. The van der Waals surface area contributed by atoms with E-state index in [9.17, 15) is 9.59 Å². The molecule has 0 radical (unpaired) electrons. The van der Waals surface area contributed by atoms with E-state index in [1.165, 1.54) is 0 Å². The largest absolute Gasteiger partial charge is 0.477 e. The van der Waals surface area contributed by atoms with Gasteiger partial charge in [-0.1, -0.05) is 0 Å². The maximum Gasteiger partial charge on any atom is 0.341 e. The second kappa shape index (κ2) is 5.81. The number of morpholine rings is 1. The lowest BCUT2D eigenvalue weighted by molar-refractivity contribution is -0.118. The van der Waals surface area contributed by atoms with Crippen LogP contribution in [0.4, 0.5) is 5.82 Å². The molecule has 1 aromatic rings. The molecule has 19 heavy (non-hydrogen) atoms. The highest BCUT2D eigenvalue weighted by atomic mass is 16.5. The number of nitrogens with zero attached hydrogens (tertiary/aromatic N) is 2. The minimum Gasteiger partial charge on any atom is -0.477 e. The van der Waals surface area contributed by atoms with Crippen LogP contribution in [0.2, 0.25) is 0 Å². The van der Waals surface area contributed by atoms with Crippen LogP contribution in [0, 0.1) is 6.92 Å². The van der Waals surface area contributed by atoms with Crippen molar-refractivity contribution in [2.45, 2.75) is 6.92 Å². The van der Waals surface area contributed by atoms with E-state index < -0.39 is 5.97 Å². The highest BCUT2D eigenvalue weighted by Crippen LogP contribution is 2.15. The quantitative estimate of drug-likeness (QED) is 0.691. The lowest BCUT2D eigenvalue weighted by Crippen LogP contribution is -2.41. The van der Waals surface area contributed by atoms with Crippen LogP contribution in [0.1, 0.15) is 16.1 Å². The van der Waals surface area contributed by atoms with Gasteiger partial charge in [-0.2, -0.15) is 5.10 Å². The third-order valence-electron chi connectivity index (χ3n) is 2.89. The highest BCUT2D eigenvalue weighted by molar-refractivity contribution is 6.00. The summed E-state index contributed by atoms with van der Waals surface area (Å²) in [5.41, 5.74) is 0.407. The Morgan fingerprint density at radius 1 is 1.47 bits per heavy atom. The first-order valence-electron chi connectivity index (χ1n) is 5.96. The number of amides is 1. The number of rotatable bonds is 4. The van der Waals surface area contributed by atoms with Gasteiger partial charge in [0.15, 0.2) is 5.82 Å². The van der Waals surface area contributed by atoms with E-state index >= 15 is 0 Å². The molecule has 0 aliphatic carbocycles. The number of carboxylic acid groups (broad SMARTS) is 1. The SMILES string of the molecule is Cc1[nH]nc(NC(=O)CN2CCOCC2)c1C(=O)O. The van der Waals surface area contributed by atoms with Crippen molar-refractivity contribution in [3.63, 3.8) is 0 Å². The standard InChI is InChI=1S/C11H16N4O4/c1-7-9(11(17)18)10(14-13-7)12-8(16)6-15-2-4-19-5-3-15/h2-6H2,1H3,(H,17,18)(H2,12,13,14,16). The second-order valence-corrected chi connectivity index (χ2v) is 4.31. The van der Waals surface area contributed by atoms with Crippen molar-refractivity contribution >= 4 is 17.7 Å². The lowest BCUT2D eigenvalue weighted by atomic mass is 10.2. The van der Waals surface area contributed by atoms with E-state index in [0.29, 0.717) is 32.0 Å². The minimum atomic E-state index is -1.12. The Bertz CT molecular complexity index is 479. The van der Waals surface area contributed by atoms with Crippen LogP contribution in [-0.4, -0.2) is 64.9 Å². The van der Waals surface area contributed by atoms with Crippen molar-refractivity contribution in [3.05, 3.63) is 11.3 Å². The van der Waals surface area contributed by atoms with Gasteiger partial charge >= 0.3 is 5.97 Å². The summed E-state index contributed by atoms with van der Waals surface area (Å²) in [5, 5.41) is 17.9. The first kappa shape index (κ1) is 13.5. The Hall–Kier alpha value is -1.93. The summed E-state index contributed by atoms with van der Waals surface area (Å²) in [6, 6.07) is 0. The number of H-pyrrole nitrogens is 1. The number of hydrogen-bond acceptors (Lipinski definition) is 5. The Morgan fingerprint density at radius 3 is 2.79 bits per heavy atom. The molecular formula is C11H16N4O4. The topological polar surface area (TPSA) is 108 Å². The van der Waals surface area contributed by atoms with Gasteiger partial charge in [0.25, 0.3) is 0 Å². The Morgan fingerprint density at radius 2 is 2.16 bits per heavy atom. The molecule has 1 fully saturated rings. The predicted octanol–water partition coefficient (Wildman–Crippen LogP) is -0.313. The van der Waals surface area contributed by atoms with Gasteiger partial charge in [-0.15, -0.1) is 0 Å². The molecule has 1 amide bonds. The Balaban J connectivity index is 1.96. The molecule has 2 rings (SSSR count). The van der Waals surface area contributed by atoms with Crippen molar-refractivity contribution in [3.8, 4) is 0 Å². The van der Waals surface area contributed by atoms with Crippen LogP contribution in [0.5, 0.6) is 0 Å². The molecule has 8 heteroatoms. The second-order valence-electron chi connectivity index (χ2n) is 4.31. The van der Waals surface area contributed by atoms with E-state index in [1.54, 1.807) is 6.92 Å². The van der Waals surface area contributed by atoms with Crippen molar-refractivity contribution in [1.82, 2.24) is 15.1 Å². The molecule has 1 saturated heterocycles. The number of anilines is 1. The van der Waals surface area contributed by atoms with Gasteiger partial charge in [0.2, 0.25) is 5.91 Å². The third kappa shape index (κ3) is 3.30. The molecule has 0 aromatic carbocycles. The first-order chi connectivity index (χ1) is 9.08. The minimum absolute atomic E-state index is 0.00433. The fourth-order valence-corrected chi connectivity index (χ4v) is 1.92. The highest BCUT2D eigenvalue weighted by Gasteiger charge is 2.20. The number of aromatic nitrogens is 2. The van der Waals surface area contributed by atoms with Crippen molar-refractivity contribution < 1.29 is 19.4 Å². The van der Waals surface area contributed by atoms with Crippen molar-refractivity contribution in [2.24, 2.45) is 0 Å². The maximum absolute atomic E-state index is 11.8. The normalized spacial score (nSPS) is 16.3. The maximum atomic E-state index is 11.8. The summed E-state index contributed by atoms with van der Waals surface area (Å²) < 4.78 is 5.19. The summed E-state index contributed by atoms with van der Waals surface area (Å²) >= 11 is 0. The molecule has 1 aromatic heterocycles. The number of ether oxygens (including phenoxy) is 1. The molecule has 2 heterocycles. The fourth-order valence-electron chi connectivity index (χ4n) is 1.92. The summed E-state index contributed by atoms with van der Waals surface area (Å²) in [5.74, 6) is -1.34. The molecular weight excluding hydrogens is 252 g/mol. The van der Waals surface area contributed by atoms with Gasteiger partial charge < -0.3 is 15.2 Å². The van der Waals surface area contributed by atoms with Gasteiger partial charge in [-0.05, 0) is 6.92 Å². The van der Waals surface area contributed by atoms with E-state index in [-0.39, 0.29) is 23.8 Å². The average molecular weight is 268 g/mol. The zero-order chi connectivity index (χ0) is 13.8. The zero-order valence-corrected chi connectivity index (χ0v) is 10.6. The van der Waals surface area contributed by atoms with Gasteiger partial charge in [0, 0.05) is 18.8 Å². The number of carboxylic acids is 1. The molecule has 1 aliphatic rings. The molecule has 0 spiro atoms.